The molecule has 4 heterocycles. The third-order valence-electron chi connectivity index (χ3n) is 5.62. The van der Waals surface area contributed by atoms with Crippen molar-refractivity contribution in [2.24, 2.45) is 5.10 Å². The van der Waals surface area contributed by atoms with Crippen LogP contribution in [-0.2, 0) is 0 Å². The molecule has 6 rings (SSSR count). The van der Waals surface area contributed by atoms with Crippen molar-refractivity contribution in [1.29, 1.82) is 0 Å². The normalized spacial score (nSPS) is 17.5. The molecule has 1 unspecified atom stereocenters. The van der Waals surface area contributed by atoms with Crippen LogP contribution in [0.4, 0.5) is 5.13 Å². The topological polar surface area (TPSA) is 37.7 Å². The molecule has 32 heavy (non-hydrogen) atoms. The lowest BCUT2D eigenvalue weighted by molar-refractivity contribution is 0.365. The standard InChI is InChI=1S/C25H18ClN3OS2/c26-19-9-7-16(8-10-19)22-13-20(24-6-3-11-31-24)28-29(22)25-27-21(15-32-25)18-12-17-4-1-2-5-23(17)30-14-18/h1-12,15,22H,13-14H2. The number of anilines is 1. The number of hydrazone groups is 1. The van der Waals surface area contributed by atoms with Gasteiger partial charge in [-0.05, 0) is 41.3 Å². The first-order chi connectivity index (χ1) is 15.7. The number of thiophene rings is 1. The number of halogens is 1. The monoisotopic (exact) mass is 475 g/mol. The summed E-state index contributed by atoms with van der Waals surface area (Å²) in [5, 5.41) is 12.9. The zero-order chi connectivity index (χ0) is 21.5. The van der Waals surface area contributed by atoms with Crippen LogP contribution in [0.1, 0.15) is 34.2 Å². The highest BCUT2D eigenvalue weighted by Crippen LogP contribution is 2.40. The fraction of sp³-hybridized carbons (Fsp3) is 0.120. The molecule has 4 aromatic rings. The van der Waals surface area contributed by atoms with Crippen molar-refractivity contribution < 1.29 is 4.74 Å². The van der Waals surface area contributed by atoms with Crippen LogP contribution in [0.25, 0.3) is 11.6 Å². The lowest BCUT2D eigenvalue weighted by Gasteiger charge is -2.21. The Morgan fingerprint density at radius 2 is 1.88 bits per heavy atom. The molecule has 158 valence electrons. The van der Waals surface area contributed by atoms with E-state index in [9.17, 15) is 0 Å². The van der Waals surface area contributed by atoms with E-state index in [-0.39, 0.29) is 6.04 Å². The summed E-state index contributed by atoms with van der Waals surface area (Å²) >= 11 is 9.47. The Balaban J connectivity index is 1.36. The number of rotatable bonds is 4. The molecule has 4 nitrogen and oxygen atoms in total. The molecule has 2 aromatic carbocycles. The Labute approximate surface area is 199 Å². The molecule has 0 saturated heterocycles. The summed E-state index contributed by atoms with van der Waals surface area (Å²) in [4.78, 5) is 6.16. The fourth-order valence-electron chi connectivity index (χ4n) is 4.00. The van der Waals surface area contributed by atoms with Crippen molar-refractivity contribution in [3.8, 4) is 5.75 Å². The average Bonchev–Trinajstić information content (AvgIpc) is 3.59. The zero-order valence-electron chi connectivity index (χ0n) is 16.9. The quantitative estimate of drug-likeness (QED) is 0.314. The van der Waals surface area contributed by atoms with Crippen molar-refractivity contribution in [1.82, 2.24) is 4.98 Å². The van der Waals surface area contributed by atoms with Gasteiger partial charge in [-0.15, -0.1) is 22.7 Å². The molecule has 2 aliphatic rings. The summed E-state index contributed by atoms with van der Waals surface area (Å²) in [6.07, 6.45) is 2.99. The second kappa shape index (κ2) is 8.20. The molecule has 0 N–H and O–H groups in total. The van der Waals surface area contributed by atoms with Crippen molar-refractivity contribution in [3.63, 3.8) is 0 Å². The van der Waals surface area contributed by atoms with Crippen molar-refractivity contribution in [2.75, 3.05) is 11.6 Å². The second-order valence-corrected chi connectivity index (χ2v) is 9.87. The van der Waals surface area contributed by atoms with Gasteiger partial charge in [0.2, 0.25) is 5.13 Å². The number of hydrogen-bond acceptors (Lipinski definition) is 6. The van der Waals surface area contributed by atoms with E-state index in [2.05, 4.69) is 52.2 Å². The summed E-state index contributed by atoms with van der Waals surface area (Å²) in [7, 11) is 0. The lowest BCUT2D eigenvalue weighted by atomic mass is 10.0. The van der Waals surface area contributed by atoms with Gasteiger partial charge in [-0.1, -0.05) is 48.0 Å². The molecule has 2 aromatic heterocycles. The third-order valence-corrected chi connectivity index (χ3v) is 7.62. The minimum atomic E-state index is 0.0840. The van der Waals surface area contributed by atoms with Gasteiger partial charge in [0.15, 0.2) is 0 Å². The van der Waals surface area contributed by atoms with Crippen molar-refractivity contribution in [3.05, 3.63) is 98.1 Å². The molecule has 1 atom stereocenters. The molecule has 0 bridgehead atoms. The highest BCUT2D eigenvalue weighted by Gasteiger charge is 2.32. The molecule has 0 amide bonds. The van der Waals surface area contributed by atoms with Crippen LogP contribution in [0.15, 0.2) is 76.5 Å². The van der Waals surface area contributed by atoms with E-state index < -0.39 is 0 Å². The molecule has 7 heteroatoms. The minimum Gasteiger partial charge on any atom is -0.488 e. The molecule has 0 aliphatic carbocycles. The summed E-state index contributed by atoms with van der Waals surface area (Å²) in [5.74, 6) is 0.916. The fourth-order valence-corrected chi connectivity index (χ4v) is 5.70. The van der Waals surface area contributed by atoms with Gasteiger partial charge in [0.25, 0.3) is 0 Å². The van der Waals surface area contributed by atoms with E-state index >= 15 is 0 Å². The van der Waals surface area contributed by atoms with E-state index in [0.717, 1.165) is 44.9 Å². The molecular formula is C25H18ClN3OS2. The van der Waals surface area contributed by atoms with Crippen LogP contribution in [-0.4, -0.2) is 17.3 Å². The van der Waals surface area contributed by atoms with Crippen LogP contribution >= 0.6 is 34.3 Å². The van der Waals surface area contributed by atoms with Crippen LogP contribution in [0.3, 0.4) is 0 Å². The smallest absolute Gasteiger partial charge is 0.207 e. The van der Waals surface area contributed by atoms with Crippen LogP contribution in [0.5, 0.6) is 5.75 Å². The van der Waals surface area contributed by atoms with Gasteiger partial charge in [-0.3, -0.25) is 0 Å². The first-order valence-electron chi connectivity index (χ1n) is 10.3. The van der Waals surface area contributed by atoms with E-state index in [1.54, 1.807) is 22.7 Å². The largest absolute Gasteiger partial charge is 0.488 e. The van der Waals surface area contributed by atoms with E-state index in [1.165, 1.54) is 10.4 Å². The Morgan fingerprint density at radius 1 is 1.00 bits per heavy atom. The highest BCUT2D eigenvalue weighted by atomic mass is 35.5. The molecule has 2 aliphatic heterocycles. The Hall–Kier alpha value is -2.93. The van der Waals surface area contributed by atoms with Crippen LogP contribution in [0.2, 0.25) is 5.02 Å². The average molecular weight is 476 g/mol. The van der Waals surface area contributed by atoms with Crippen molar-refractivity contribution >= 4 is 56.8 Å². The lowest BCUT2D eigenvalue weighted by Crippen LogP contribution is -2.18. The first-order valence-corrected chi connectivity index (χ1v) is 12.4. The SMILES string of the molecule is Clc1ccc(C2CC(c3cccs3)=NN2c2nc(C3=Cc4ccccc4OC3)cs2)cc1. The number of thiazole rings is 1. The molecule has 0 fully saturated rings. The van der Waals surface area contributed by atoms with Gasteiger partial charge < -0.3 is 4.74 Å². The maximum Gasteiger partial charge on any atom is 0.207 e. The van der Waals surface area contributed by atoms with Gasteiger partial charge >= 0.3 is 0 Å². The number of ether oxygens (including phenoxy) is 1. The number of aromatic nitrogens is 1. The van der Waals surface area contributed by atoms with E-state index in [0.29, 0.717) is 6.61 Å². The Morgan fingerprint density at radius 3 is 2.72 bits per heavy atom. The second-order valence-electron chi connectivity index (χ2n) is 7.65. The third kappa shape index (κ3) is 3.64. The Bertz CT molecular complexity index is 1330. The summed E-state index contributed by atoms with van der Waals surface area (Å²) < 4.78 is 5.94. The number of benzene rings is 2. The van der Waals surface area contributed by atoms with Crippen molar-refractivity contribution in [2.45, 2.75) is 12.5 Å². The van der Waals surface area contributed by atoms with Gasteiger partial charge in [0.1, 0.15) is 12.4 Å². The van der Waals surface area contributed by atoms with Gasteiger partial charge in [-0.25, -0.2) is 9.99 Å². The number of nitrogens with zero attached hydrogens (tertiary/aromatic N) is 3. The van der Waals surface area contributed by atoms with Gasteiger partial charge in [-0.2, -0.15) is 5.10 Å². The summed E-state index contributed by atoms with van der Waals surface area (Å²) in [6, 6.07) is 20.4. The molecule has 0 saturated carbocycles. The molecular weight excluding hydrogens is 458 g/mol. The minimum absolute atomic E-state index is 0.0840. The first kappa shape index (κ1) is 19.7. The van der Waals surface area contributed by atoms with Crippen LogP contribution in [0, 0.1) is 0 Å². The van der Waals surface area contributed by atoms with E-state index in [1.807, 2.05) is 30.3 Å². The van der Waals surface area contributed by atoms with E-state index in [4.69, 9.17) is 26.4 Å². The predicted molar refractivity (Wildman–Crippen MR) is 134 cm³/mol. The number of para-hydroxylation sites is 1. The summed E-state index contributed by atoms with van der Waals surface area (Å²) in [5.41, 5.74) is 5.37. The summed E-state index contributed by atoms with van der Waals surface area (Å²) in [6.45, 7) is 0.518. The van der Waals surface area contributed by atoms with Gasteiger partial charge in [0.05, 0.1) is 22.3 Å². The maximum atomic E-state index is 6.14. The zero-order valence-corrected chi connectivity index (χ0v) is 19.3. The Kier molecular flexibility index (Phi) is 5.06. The molecule has 0 radical (unpaired) electrons. The number of hydrogen-bond donors (Lipinski definition) is 0. The number of fused-ring (bicyclic) bond motifs is 1. The van der Waals surface area contributed by atoms with Crippen LogP contribution < -0.4 is 9.75 Å². The maximum absolute atomic E-state index is 6.14. The highest BCUT2D eigenvalue weighted by molar-refractivity contribution is 7.14. The van der Waals surface area contributed by atoms with Gasteiger partial charge in [0, 0.05) is 28.0 Å². The molecule has 0 spiro atoms. The predicted octanol–water partition coefficient (Wildman–Crippen LogP) is 7.15.